The molecule has 0 aromatic heterocycles. The second-order valence-electron chi connectivity index (χ2n) is 4.03. The van der Waals surface area contributed by atoms with Gasteiger partial charge in [0.15, 0.2) is 0 Å². The molecule has 0 spiro atoms. The van der Waals surface area contributed by atoms with E-state index in [4.69, 9.17) is 10.5 Å². The Morgan fingerprint density at radius 3 is 2.75 bits per heavy atom. The van der Waals surface area contributed by atoms with Gasteiger partial charge in [-0.1, -0.05) is 41.8 Å². The molecule has 0 aliphatic carbocycles. The van der Waals surface area contributed by atoms with Crippen LogP contribution in [0.3, 0.4) is 0 Å². The van der Waals surface area contributed by atoms with Crippen molar-refractivity contribution < 1.29 is 4.74 Å². The third kappa shape index (κ3) is 4.14. The van der Waals surface area contributed by atoms with Gasteiger partial charge >= 0.3 is 0 Å². The summed E-state index contributed by atoms with van der Waals surface area (Å²) < 4.78 is 6.80. The van der Waals surface area contributed by atoms with Crippen LogP contribution in [0.2, 0.25) is 0 Å². The summed E-state index contributed by atoms with van der Waals surface area (Å²) in [5.74, 6) is 0.903. The Kier molecular flexibility index (Phi) is 5.85. The van der Waals surface area contributed by atoms with Crippen LogP contribution >= 0.6 is 15.9 Å². The Morgan fingerprint density at radius 2 is 2.12 bits per heavy atom. The quantitative estimate of drug-likeness (QED) is 0.801. The minimum atomic E-state index is 0.00859. The minimum Gasteiger partial charge on any atom is -0.493 e. The van der Waals surface area contributed by atoms with E-state index in [2.05, 4.69) is 22.9 Å². The van der Waals surface area contributed by atoms with Crippen molar-refractivity contribution in [2.24, 2.45) is 5.73 Å². The maximum atomic E-state index is 5.90. The van der Waals surface area contributed by atoms with Crippen molar-refractivity contribution in [2.75, 3.05) is 6.61 Å². The van der Waals surface area contributed by atoms with Gasteiger partial charge < -0.3 is 10.5 Å². The summed E-state index contributed by atoms with van der Waals surface area (Å²) in [5.41, 5.74) is 6.97. The van der Waals surface area contributed by atoms with Crippen LogP contribution in [-0.4, -0.2) is 6.61 Å². The minimum absolute atomic E-state index is 0.00859. The van der Waals surface area contributed by atoms with E-state index in [1.54, 1.807) is 0 Å². The average molecular weight is 286 g/mol. The Morgan fingerprint density at radius 1 is 1.38 bits per heavy atom. The van der Waals surface area contributed by atoms with Crippen molar-refractivity contribution >= 4 is 15.9 Å². The number of unbranched alkanes of at least 4 members (excludes halogenated alkanes) is 2. The Hall–Kier alpha value is -0.540. The van der Waals surface area contributed by atoms with Gasteiger partial charge in [-0.05, 0) is 25.5 Å². The van der Waals surface area contributed by atoms with Crippen LogP contribution in [0, 0.1) is 0 Å². The summed E-state index contributed by atoms with van der Waals surface area (Å²) in [4.78, 5) is 0. The van der Waals surface area contributed by atoms with Crippen LogP contribution in [0.25, 0.3) is 0 Å². The molecule has 1 rings (SSSR count). The molecule has 0 saturated heterocycles. The molecule has 0 amide bonds. The predicted octanol–water partition coefficient (Wildman–Crippen LogP) is 4.04. The lowest BCUT2D eigenvalue weighted by Crippen LogP contribution is -2.08. The third-order valence-electron chi connectivity index (χ3n) is 2.47. The molecule has 0 unspecified atom stereocenters. The molecule has 1 aromatic carbocycles. The lowest BCUT2D eigenvalue weighted by Gasteiger charge is -2.14. The molecule has 2 nitrogen and oxygen atoms in total. The van der Waals surface area contributed by atoms with E-state index in [-0.39, 0.29) is 6.04 Å². The van der Waals surface area contributed by atoms with Crippen molar-refractivity contribution in [3.05, 3.63) is 28.2 Å². The Labute approximate surface area is 106 Å². The van der Waals surface area contributed by atoms with Gasteiger partial charge in [0, 0.05) is 16.1 Å². The van der Waals surface area contributed by atoms with Gasteiger partial charge in [-0.25, -0.2) is 0 Å². The molecule has 0 aliphatic heterocycles. The molecule has 0 fully saturated rings. The molecular weight excluding hydrogens is 266 g/mol. The van der Waals surface area contributed by atoms with Crippen LogP contribution in [0.5, 0.6) is 5.75 Å². The summed E-state index contributed by atoms with van der Waals surface area (Å²) in [7, 11) is 0. The molecule has 2 N–H and O–H groups in total. The van der Waals surface area contributed by atoms with Gasteiger partial charge in [-0.15, -0.1) is 0 Å². The highest BCUT2D eigenvalue weighted by molar-refractivity contribution is 9.10. The van der Waals surface area contributed by atoms with E-state index >= 15 is 0 Å². The van der Waals surface area contributed by atoms with Crippen LogP contribution in [0.15, 0.2) is 22.7 Å². The predicted molar refractivity (Wildman–Crippen MR) is 71.8 cm³/mol. The van der Waals surface area contributed by atoms with Crippen molar-refractivity contribution in [2.45, 2.75) is 39.2 Å². The second-order valence-corrected chi connectivity index (χ2v) is 4.94. The van der Waals surface area contributed by atoms with E-state index < -0.39 is 0 Å². The van der Waals surface area contributed by atoms with Crippen molar-refractivity contribution in [3.8, 4) is 5.75 Å². The van der Waals surface area contributed by atoms with Crippen LogP contribution in [-0.2, 0) is 0 Å². The third-order valence-corrected chi connectivity index (χ3v) is 2.96. The van der Waals surface area contributed by atoms with Gasteiger partial charge in [0.1, 0.15) is 5.75 Å². The topological polar surface area (TPSA) is 35.2 Å². The van der Waals surface area contributed by atoms with E-state index in [0.29, 0.717) is 0 Å². The first-order valence-electron chi connectivity index (χ1n) is 5.83. The molecule has 0 bridgehead atoms. The largest absolute Gasteiger partial charge is 0.493 e. The zero-order valence-corrected chi connectivity index (χ0v) is 11.6. The van der Waals surface area contributed by atoms with Crippen molar-refractivity contribution in [1.82, 2.24) is 0 Å². The highest BCUT2D eigenvalue weighted by Crippen LogP contribution is 2.27. The summed E-state index contributed by atoms with van der Waals surface area (Å²) in [6.07, 6.45) is 3.52. The van der Waals surface area contributed by atoms with Crippen LogP contribution in [0.1, 0.15) is 44.7 Å². The summed E-state index contributed by atoms with van der Waals surface area (Å²) >= 11 is 3.45. The number of hydrogen-bond donors (Lipinski definition) is 1. The smallest absolute Gasteiger partial charge is 0.125 e. The second kappa shape index (κ2) is 6.92. The lowest BCUT2D eigenvalue weighted by molar-refractivity contribution is 0.302. The summed E-state index contributed by atoms with van der Waals surface area (Å²) in [5, 5.41) is 0. The number of ether oxygens (including phenoxy) is 1. The van der Waals surface area contributed by atoms with Gasteiger partial charge in [0.05, 0.1) is 6.61 Å². The first-order chi connectivity index (χ1) is 7.65. The maximum Gasteiger partial charge on any atom is 0.125 e. The molecule has 1 aromatic rings. The number of hydrogen-bond acceptors (Lipinski definition) is 2. The molecule has 0 saturated carbocycles. The Balaban J connectivity index is 2.65. The molecule has 0 radical (unpaired) electrons. The monoisotopic (exact) mass is 285 g/mol. The molecule has 0 heterocycles. The van der Waals surface area contributed by atoms with Gasteiger partial charge in [-0.3, -0.25) is 0 Å². The van der Waals surface area contributed by atoms with E-state index in [0.717, 1.165) is 28.8 Å². The molecule has 0 aliphatic rings. The molecular formula is C13H20BrNO. The lowest BCUT2D eigenvalue weighted by atomic mass is 10.1. The number of benzene rings is 1. The van der Waals surface area contributed by atoms with Crippen molar-refractivity contribution in [1.29, 1.82) is 0 Å². The summed E-state index contributed by atoms with van der Waals surface area (Å²) in [6.45, 7) is 4.93. The zero-order chi connectivity index (χ0) is 12.0. The van der Waals surface area contributed by atoms with Gasteiger partial charge in [0.25, 0.3) is 0 Å². The SMILES string of the molecule is CCCCCOc1cc(Br)ccc1[C@H](C)N. The van der Waals surface area contributed by atoms with Crippen LogP contribution < -0.4 is 10.5 Å². The van der Waals surface area contributed by atoms with Crippen LogP contribution in [0.4, 0.5) is 0 Å². The van der Waals surface area contributed by atoms with E-state index in [9.17, 15) is 0 Å². The maximum absolute atomic E-state index is 5.90. The van der Waals surface area contributed by atoms with Gasteiger partial charge in [0.2, 0.25) is 0 Å². The zero-order valence-electron chi connectivity index (χ0n) is 10.0. The first-order valence-corrected chi connectivity index (χ1v) is 6.62. The van der Waals surface area contributed by atoms with E-state index in [1.165, 1.54) is 12.8 Å². The standard InChI is InChI=1S/C13H20BrNO/c1-3-4-5-8-16-13-9-11(14)6-7-12(13)10(2)15/h6-7,9-10H,3-5,8,15H2,1-2H3/t10-/m0/s1. The first kappa shape index (κ1) is 13.5. The number of rotatable bonds is 6. The molecule has 1 atom stereocenters. The molecule has 90 valence electrons. The summed E-state index contributed by atoms with van der Waals surface area (Å²) in [6, 6.07) is 6.01. The fourth-order valence-corrected chi connectivity index (χ4v) is 1.88. The molecule has 16 heavy (non-hydrogen) atoms. The fourth-order valence-electron chi connectivity index (χ4n) is 1.54. The highest BCUT2D eigenvalue weighted by atomic mass is 79.9. The van der Waals surface area contributed by atoms with E-state index in [1.807, 2.05) is 25.1 Å². The van der Waals surface area contributed by atoms with Crippen molar-refractivity contribution in [3.63, 3.8) is 0 Å². The Bertz CT molecular complexity index is 326. The normalized spacial score (nSPS) is 12.5. The number of halogens is 1. The fraction of sp³-hybridized carbons (Fsp3) is 0.538. The highest BCUT2D eigenvalue weighted by Gasteiger charge is 2.08. The number of nitrogens with two attached hydrogens (primary N) is 1. The average Bonchev–Trinajstić information content (AvgIpc) is 2.24. The van der Waals surface area contributed by atoms with Gasteiger partial charge in [-0.2, -0.15) is 0 Å². The molecule has 3 heteroatoms.